The highest BCUT2D eigenvalue weighted by atomic mass is 32.2. The summed E-state index contributed by atoms with van der Waals surface area (Å²) >= 11 is 1.88. The molecule has 0 bridgehead atoms. The first-order chi connectivity index (χ1) is 7.76. The predicted molar refractivity (Wildman–Crippen MR) is 73.6 cm³/mol. The quantitative estimate of drug-likeness (QED) is 0.616. The summed E-state index contributed by atoms with van der Waals surface area (Å²) in [5.74, 6) is 1.09. The smallest absolute Gasteiger partial charge is 0.00722 e. The third kappa shape index (κ3) is 4.58. The van der Waals surface area contributed by atoms with Crippen LogP contribution in [-0.4, -0.2) is 5.75 Å². The summed E-state index contributed by atoms with van der Waals surface area (Å²) in [6.07, 6.45) is 6.74. The van der Waals surface area contributed by atoms with Crippen LogP contribution in [0, 0.1) is 6.92 Å². The van der Waals surface area contributed by atoms with Crippen molar-refractivity contribution in [2.75, 3.05) is 5.75 Å². The Balaban J connectivity index is 2.38. The lowest BCUT2D eigenvalue weighted by atomic mass is 10.2. The second-order valence-electron chi connectivity index (χ2n) is 3.63. The number of thioether (sulfide) groups is 1. The Labute approximate surface area is 102 Å². The molecule has 0 unspecified atom stereocenters. The van der Waals surface area contributed by atoms with Crippen molar-refractivity contribution >= 4 is 11.8 Å². The van der Waals surface area contributed by atoms with Crippen molar-refractivity contribution in [1.82, 2.24) is 0 Å². The number of allylic oxidation sites excluding steroid dienone is 3. The van der Waals surface area contributed by atoms with Crippen LogP contribution in [0.2, 0.25) is 0 Å². The van der Waals surface area contributed by atoms with E-state index in [-0.39, 0.29) is 0 Å². The Morgan fingerprint density at radius 3 is 2.56 bits per heavy atom. The zero-order chi connectivity index (χ0) is 11.8. The molecule has 2 N–H and O–H groups in total. The molecule has 0 heterocycles. The molecule has 0 saturated carbocycles. The minimum Gasteiger partial charge on any atom is -0.405 e. The fraction of sp³-hybridized carbons (Fsp3) is 0.286. The van der Waals surface area contributed by atoms with E-state index >= 15 is 0 Å². The van der Waals surface area contributed by atoms with Gasteiger partial charge in [0.1, 0.15) is 0 Å². The van der Waals surface area contributed by atoms with Crippen molar-refractivity contribution in [3.8, 4) is 0 Å². The van der Waals surface area contributed by atoms with Gasteiger partial charge in [0.15, 0.2) is 0 Å². The number of benzene rings is 1. The summed E-state index contributed by atoms with van der Waals surface area (Å²) in [6, 6.07) is 8.65. The summed E-state index contributed by atoms with van der Waals surface area (Å²) in [5, 5.41) is 0. The molecule has 0 aliphatic carbocycles. The number of aryl methyl sites for hydroxylation is 1. The van der Waals surface area contributed by atoms with Gasteiger partial charge in [-0.3, -0.25) is 0 Å². The zero-order valence-corrected chi connectivity index (χ0v) is 10.8. The number of nitrogens with two attached hydrogens (primary N) is 1. The maximum absolute atomic E-state index is 5.38. The van der Waals surface area contributed by atoms with E-state index in [9.17, 15) is 0 Å². The molecule has 2 heteroatoms. The van der Waals surface area contributed by atoms with E-state index in [1.807, 2.05) is 24.8 Å². The Hall–Kier alpha value is -1.15. The molecule has 0 aromatic heterocycles. The fourth-order valence-corrected chi connectivity index (χ4v) is 2.27. The second kappa shape index (κ2) is 7.18. The summed E-state index contributed by atoms with van der Waals surface area (Å²) in [6.45, 7) is 4.16. The molecule has 1 aromatic carbocycles. The van der Waals surface area contributed by atoms with Crippen LogP contribution in [0.5, 0.6) is 0 Å². The van der Waals surface area contributed by atoms with Gasteiger partial charge in [-0.25, -0.2) is 0 Å². The van der Waals surface area contributed by atoms with Crippen LogP contribution >= 0.6 is 11.8 Å². The van der Waals surface area contributed by atoms with Gasteiger partial charge >= 0.3 is 0 Å². The average Bonchev–Trinajstić information content (AvgIpc) is 2.30. The second-order valence-corrected chi connectivity index (χ2v) is 4.80. The zero-order valence-electron chi connectivity index (χ0n) is 9.94. The standard InChI is InChI=1S/C14H19NS/c1-3-13(8-10-15)9-11-16-14-6-4-12(2)5-7-14/h3-8,10H,9,11,15H2,1-2H3/b10-8-,13-3+. The minimum absolute atomic E-state index is 1.06. The third-order valence-electron chi connectivity index (χ3n) is 2.36. The number of hydrogen-bond acceptors (Lipinski definition) is 2. The van der Waals surface area contributed by atoms with Gasteiger partial charge in [0.2, 0.25) is 0 Å². The van der Waals surface area contributed by atoms with Crippen molar-refractivity contribution in [2.45, 2.75) is 25.2 Å². The Morgan fingerprint density at radius 2 is 2.00 bits per heavy atom. The van der Waals surface area contributed by atoms with Gasteiger partial charge in [-0.2, -0.15) is 0 Å². The molecule has 86 valence electrons. The molecule has 0 radical (unpaired) electrons. The first-order valence-electron chi connectivity index (χ1n) is 5.49. The van der Waals surface area contributed by atoms with E-state index in [4.69, 9.17) is 5.73 Å². The monoisotopic (exact) mass is 233 g/mol. The molecule has 0 spiro atoms. The minimum atomic E-state index is 1.06. The highest BCUT2D eigenvalue weighted by Gasteiger charge is 1.95. The van der Waals surface area contributed by atoms with E-state index in [1.165, 1.54) is 16.0 Å². The molecule has 0 fully saturated rings. The maximum Gasteiger partial charge on any atom is 0.00722 e. The molecule has 0 atom stereocenters. The molecule has 0 amide bonds. The van der Waals surface area contributed by atoms with E-state index in [0.717, 1.165) is 12.2 Å². The fourth-order valence-electron chi connectivity index (χ4n) is 1.37. The van der Waals surface area contributed by atoms with Gasteiger partial charge < -0.3 is 5.73 Å². The highest BCUT2D eigenvalue weighted by Crippen LogP contribution is 2.20. The van der Waals surface area contributed by atoms with Crippen molar-refractivity contribution in [2.24, 2.45) is 5.73 Å². The molecular weight excluding hydrogens is 214 g/mol. The third-order valence-corrected chi connectivity index (χ3v) is 3.38. The van der Waals surface area contributed by atoms with E-state index in [2.05, 4.69) is 37.3 Å². The topological polar surface area (TPSA) is 26.0 Å². The molecule has 0 aliphatic rings. The lowest BCUT2D eigenvalue weighted by Gasteiger charge is -2.03. The summed E-state index contributed by atoms with van der Waals surface area (Å²) in [4.78, 5) is 1.33. The van der Waals surface area contributed by atoms with Crippen molar-refractivity contribution in [3.63, 3.8) is 0 Å². The Kier molecular flexibility index (Phi) is 5.79. The van der Waals surface area contributed by atoms with Crippen LogP contribution in [0.4, 0.5) is 0 Å². The Morgan fingerprint density at radius 1 is 1.31 bits per heavy atom. The van der Waals surface area contributed by atoms with E-state index in [0.29, 0.717) is 0 Å². The molecule has 0 aliphatic heterocycles. The van der Waals surface area contributed by atoms with Gasteiger partial charge in [-0.15, -0.1) is 11.8 Å². The summed E-state index contributed by atoms with van der Waals surface area (Å²) in [5.41, 5.74) is 7.98. The summed E-state index contributed by atoms with van der Waals surface area (Å²) in [7, 11) is 0. The van der Waals surface area contributed by atoms with Crippen LogP contribution in [0.3, 0.4) is 0 Å². The highest BCUT2D eigenvalue weighted by molar-refractivity contribution is 7.99. The van der Waals surface area contributed by atoms with Crippen LogP contribution in [0.25, 0.3) is 0 Å². The van der Waals surface area contributed by atoms with Crippen LogP contribution in [-0.2, 0) is 0 Å². The number of hydrogen-bond donors (Lipinski definition) is 1. The molecular formula is C14H19NS. The molecule has 1 rings (SSSR count). The maximum atomic E-state index is 5.38. The van der Waals surface area contributed by atoms with Gasteiger partial charge in [0, 0.05) is 10.6 Å². The lowest BCUT2D eigenvalue weighted by molar-refractivity contribution is 1.15. The van der Waals surface area contributed by atoms with Gasteiger partial charge in [0.25, 0.3) is 0 Å². The first-order valence-corrected chi connectivity index (χ1v) is 6.47. The van der Waals surface area contributed by atoms with Crippen LogP contribution in [0.15, 0.2) is 53.1 Å². The number of rotatable bonds is 5. The lowest BCUT2D eigenvalue weighted by Crippen LogP contribution is -1.86. The largest absolute Gasteiger partial charge is 0.405 e. The van der Waals surface area contributed by atoms with E-state index in [1.54, 1.807) is 6.20 Å². The normalized spacial score (nSPS) is 12.2. The average molecular weight is 233 g/mol. The van der Waals surface area contributed by atoms with Crippen LogP contribution in [0.1, 0.15) is 18.9 Å². The summed E-state index contributed by atoms with van der Waals surface area (Å²) < 4.78 is 0. The van der Waals surface area contributed by atoms with Crippen molar-refractivity contribution in [3.05, 3.63) is 53.8 Å². The first kappa shape index (κ1) is 12.9. The molecule has 16 heavy (non-hydrogen) atoms. The predicted octanol–water partition coefficient (Wildman–Crippen LogP) is 3.90. The van der Waals surface area contributed by atoms with Crippen LogP contribution < -0.4 is 5.73 Å². The molecule has 1 nitrogen and oxygen atoms in total. The molecule has 0 saturated heterocycles. The van der Waals surface area contributed by atoms with Gasteiger partial charge in [-0.1, -0.05) is 29.3 Å². The van der Waals surface area contributed by atoms with Crippen molar-refractivity contribution < 1.29 is 0 Å². The van der Waals surface area contributed by atoms with Gasteiger partial charge in [0.05, 0.1) is 0 Å². The van der Waals surface area contributed by atoms with Gasteiger partial charge in [-0.05, 0) is 44.7 Å². The van der Waals surface area contributed by atoms with E-state index < -0.39 is 0 Å². The molecule has 1 aromatic rings. The SMILES string of the molecule is C/C=C(\C=C/N)CCSc1ccc(C)cc1. The van der Waals surface area contributed by atoms with Crippen molar-refractivity contribution in [1.29, 1.82) is 0 Å². The Bertz CT molecular complexity index is 363.